The first-order valence-electron chi connectivity index (χ1n) is 5.82. The zero-order chi connectivity index (χ0) is 11.1. The van der Waals surface area contributed by atoms with Gasteiger partial charge in [-0.05, 0) is 52.2 Å². The molecule has 0 aromatic heterocycles. The molecule has 1 heterocycles. The average Bonchev–Trinajstić information content (AvgIpc) is 2.64. The summed E-state index contributed by atoms with van der Waals surface area (Å²) < 4.78 is 5.22. The molecule has 0 radical (unpaired) electrons. The lowest BCUT2D eigenvalue weighted by Gasteiger charge is -2.17. The minimum atomic E-state index is -0.0530. The monoisotopic (exact) mass is 214 g/mol. The van der Waals surface area contributed by atoms with Crippen molar-refractivity contribution < 1.29 is 9.53 Å². The van der Waals surface area contributed by atoms with E-state index in [1.54, 1.807) is 0 Å². The molecule has 15 heavy (non-hydrogen) atoms. The third kappa shape index (κ3) is 4.18. The van der Waals surface area contributed by atoms with Gasteiger partial charge in [0.1, 0.15) is 6.04 Å². The lowest BCUT2D eigenvalue weighted by molar-refractivity contribution is -0.148. The lowest BCUT2D eigenvalue weighted by Crippen LogP contribution is -2.34. The SMILES string of the molecule is CN1CCC[C@H]1C(=O)OCCCCCN. The maximum atomic E-state index is 11.6. The van der Waals surface area contributed by atoms with Crippen molar-refractivity contribution in [2.75, 3.05) is 26.7 Å². The number of nitrogens with two attached hydrogens (primary N) is 1. The summed E-state index contributed by atoms with van der Waals surface area (Å²) in [7, 11) is 1.98. The van der Waals surface area contributed by atoms with Gasteiger partial charge in [0.2, 0.25) is 0 Å². The van der Waals surface area contributed by atoms with Crippen LogP contribution in [0.15, 0.2) is 0 Å². The number of ether oxygens (including phenoxy) is 1. The molecule has 0 saturated carbocycles. The Kier molecular flexibility index (Phi) is 5.65. The fourth-order valence-electron chi connectivity index (χ4n) is 1.90. The van der Waals surface area contributed by atoms with E-state index in [-0.39, 0.29) is 12.0 Å². The normalized spacial score (nSPS) is 21.9. The number of hydrogen-bond acceptors (Lipinski definition) is 4. The summed E-state index contributed by atoms with van der Waals surface area (Å²) in [4.78, 5) is 13.7. The number of esters is 1. The van der Waals surface area contributed by atoms with Crippen LogP contribution >= 0.6 is 0 Å². The number of carbonyl (C=O) groups excluding carboxylic acids is 1. The van der Waals surface area contributed by atoms with Crippen molar-refractivity contribution in [1.82, 2.24) is 4.90 Å². The molecule has 0 spiro atoms. The molecule has 1 aliphatic rings. The topological polar surface area (TPSA) is 55.6 Å². The summed E-state index contributed by atoms with van der Waals surface area (Å²) in [5.41, 5.74) is 5.37. The van der Waals surface area contributed by atoms with Gasteiger partial charge in [-0.3, -0.25) is 9.69 Å². The molecule has 1 rings (SSSR count). The third-order valence-corrected chi connectivity index (χ3v) is 2.89. The summed E-state index contributed by atoms with van der Waals surface area (Å²) in [6, 6.07) is -0.000455. The van der Waals surface area contributed by atoms with Crippen molar-refractivity contribution in [3.8, 4) is 0 Å². The molecule has 1 aliphatic heterocycles. The van der Waals surface area contributed by atoms with Gasteiger partial charge in [0, 0.05) is 0 Å². The van der Waals surface area contributed by atoms with Crippen LogP contribution in [0.25, 0.3) is 0 Å². The van der Waals surface area contributed by atoms with E-state index in [0.717, 1.165) is 45.2 Å². The van der Waals surface area contributed by atoms with Crippen LogP contribution in [-0.2, 0) is 9.53 Å². The zero-order valence-corrected chi connectivity index (χ0v) is 9.58. The van der Waals surface area contributed by atoms with Crippen LogP contribution in [0.1, 0.15) is 32.1 Å². The van der Waals surface area contributed by atoms with Gasteiger partial charge in [-0.2, -0.15) is 0 Å². The van der Waals surface area contributed by atoms with Crippen molar-refractivity contribution in [1.29, 1.82) is 0 Å². The predicted octanol–water partition coefficient (Wildman–Crippen LogP) is 0.753. The maximum Gasteiger partial charge on any atom is 0.323 e. The molecule has 1 atom stereocenters. The Morgan fingerprint density at radius 2 is 2.27 bits per heavy atom. The van der Waals surface area contributed by atoms with E-state index < -0.39 is 0 Å². The highest BCUT2D eigenvalue weighted by Crippen LogP contribution is 2.15. The van der Waals surface area contributed by atoms with Gasteiger partial charge in [-0.25, -0.2) is 0 Å². The maximum absolute atomic E-state index is 11.6. The van der Waals surface area contributed by atoms with Gasteiger partial charge in [-0.1, -0.05) is 0 Å². The van der Waals surface area contributed by atoms with E-state index in [4.69, 9.17) is 10.5 Å². The number of likely N-dealkylation sites (tertiary alicyclic amines) is 1. The van der Waals surface area contributed by atoms with E-state index in [1.807, 2.05) is 7.05 Å². The number of hydrogen-bond donors (Lipinski definition) is 1. The van der Waals surface area contributed by atoms with E-state index in [0.29, 0.717) is 6.61 Å². The first kappa shape index (κ1) is 12.5. The summed E-state index contributed by atoms with van der Waals surface area (Å²) in [5, 5.41) is 0. The third-order valence-electron chi connectivity index (χ3n) is 2.89. The second kappa shape index (κ2) is 6.80. The Morgan fingerprint density at radius 1 is 1.47 bits per heavy atom. The molecular formula is C11H22N2O2. The molecule has 4 heteroatoms. The van der Waals surface area contributed by atoms with Gasteiger partial charge < -0.3 is 10.5 Å². The second-order valence-corrected chi connectivity index (χ2v) is 4.16. The van der Waals surface area contributed by atoms with Crippen molar-refractivity contribution in [2.45, 2.75) is 38.1 Å². The highest BCUT2D eigenvalue weighted by Gasteiger charge is 2.28. The Labute approximate surface area is 91.8 Å². The van der Waals surface area contributed by atoms with Gasteiger partial charge in [0.15, 0.2) is 0 Å². The minimum absolute atomic E-state index is 0.000455. The molecule has 0 unspecified atom stereocenters. The van der Waals surface area contributed by atoms with Gasteiger partial charge >= 0.3 is 5.97 Å². The van der Waals surface area contributed by atoms with E-state index in [9.17, 15) is 4.79 Å². The molecule has 2 N–H and O–H groups in total. The Morgan fingerprint density at radius 3 is 2.87 bits per heavy atom. The molecular weight excluding hydrogens is 192 g/mol. The van der Waals surface area contributed by atoms with Crippen molar-refractivity contribution in [2.24, 2.45) is 5.73 Å². The molecule has 0 aromatic carbocycles. The van der Waals surface area contributed by atoms with E-state index in [2.05, 4.69) is 4.90 Å². The molecule has 0 bridgehead atoms. The summed E-state index contributed by atoms with van der Waals surface area (Å²) >= 11 is 0. The highest BCUT2D eigenvalue weighted by atomic mass is 16.5. The Balaban J connectivity index is 2.08. The first-order chi connectivity index (χ1) is 7.25. The summed E-state index contributed by atoms with van der Waals surface area (Å²) in [6.45, 7) is 2.27. The second-order valence-electron chi connectivity index (χ2n) is 4.16. The number of likely N-dealkylation sites (N-methyl/N-ethyl adjacent to an activating group) is 1. The van der Waals surface area contributed by atoms with Crippen molar-refractivity contribution in [3.05, 3.63) is 0 Å². The minimum Gasteiger partial charge on any atom is -0.465 e. The molecule has 1 fully saturated rings. The standard InChI is InChI=1S/C11H22N2O2/c1-13-8-5-6-10(13)11(14)15-9-4-2-3-7-12/h10H,2-9,12H2,1H3/t10-/m0/s1. The number of unbranched alkanes of at least 4 members (excludes halogenated alkanes) is 2. The van der Waals surface area contributed by atoms with Crippen LogP contribution in [0.3, 0.4) is 0 Å². The summed E-state index contributed by atoms with van der Waals surface area (Å²) in [6.07, 6.45) is 5.03. The van der Waals surface area contributed by atoms with Crippen LogP contribution < -0.4 is 5.73 Å². The first-order valence-corrected chi connectivity index (χ1v) is 5.82. The van der Waals surface area contributed by atoms with Gasteiger partial charge in [-0.15, -0.1) is 0 Å². The fraction of sp³-hybridized carbons (Fsp3) is 0.909. The van der Waals surface area contributed by atoms with Gasteiger partial charge in [0.25, 0.3) is 0 Å². The largest absolute Gasteiger partial charge is 0.465 e. The number of nitrogens with zero attached hydrogens (tertiary/aromatic N) is 1. The smallest absolute Gasteiger partial charge is 0.323 e. The zero-order valence-electron chi connectivity index (χ0n) is 9.58. The van der Waals surface area contributed by atoms with E-state index in [1.165, 1.54) is 0 Å². The summed E-state index contributed by atoms with van der Waals surface area (Å²) in [5.74, 6) is -0.0530. The van der Waals surface area contributed by atoms with Crippen LogP contribution in [0.4, 0.5) is 0 Å². The van der Waals surface area contributed by atoms with Crippen LogP contribution in [0, 0.1) is 0 Å². The predicted molar refractivity (Wildman–Crippen MR) is 59.5 cm³/mol. The van der Waals surface area contributed by atoms with Crippen molar-refractivity contribution in [3.63, 3.8) is 0 Å². The quantitative estimate of drug-likeness (QED) is 0.524. The average molecular weight is 214 g/mol. The number of carbonyl (C=O) groups is 1. The van der Waals surface area contributed by atoms with Crippen LogP contribution in [-0.4, -0.2) is 43.7 Å². The Hall–Kier alpha value is -0.610. The molecule has 1 saturated heterocycles. The van der Waals surface area contributed by atoms with Crippen LogP contribution in [0.2, 0.25) is 0 Å². The molecule has 0 aliphatic carbocycles. The van der Waals surface area contributed by atoms with Gasteiger partial charge in [0.05, 0.1) is 6.61 Å². The fourth-order valence-corrected chi connectivity index (χ4v) is 1.90. The molecule has 0 amide bonds. The Bertz CT molecular complexity index is 197. The number of rotatable bonds is 6. The highest BCUT2D eigenvalue weighted by molar-refractivity contribution is 5.76. The lowest BCUT2D eigenvalue weighted by atomic mass is 10.2. The van der Waals surface area contributed by atoms with E-state index >= 15 is 0 Å². The van der Waals surface area contributed by atoms with Crippen molar-refractivity contribution >= 4 is 5.97 Å². The molecule has 88 valence electrons. The van der Waals surface area contributed by atoms with Crippen LogP contribution in [0.5, 0.6) is 0 Å². The molecule has 0 aromatic rings. The molecule has 4 nitrogen and oxygen atoms in total.